The van der Waals surface area contributed by atoms with Crippen molar-refractivity contribution in [2.75, 3.05) is 27.3 Å². The van der Waals surface area contributed by atoms with Gasteiger partial charge in [0.1, 0.15) is 0 Å². The van der Waals surface area contributed by atoms with Crippen LogP contribution in [0.5, 0.6) is 11.5 Å². The molecular formula is C24H30N2O4. The van der Waals surface area contributed by atoms with Crippen LogP contribution in [0.2, 0.25) is 0 Å². The summed E-state index contributed by atoms with van der Waals surface area (Å²) in [6.07, 6.45) is 1.96. The Balaban J connectivity index is 1.49. The zero-order valence-corrected chi connectivity index (χ0v) is 17.9. The highest BCUT2D eigenvalue weighted by molar-refractivity contribution is 5.89. The summed E-state index contributed by atoms with van der Waals surface area (Å²) < 4.78 is 10.6. The highest BCUT2D eigenvalue weighted by Gasteiger charge is 2.33. The minimum absolute atomic E-state index is 0.0305. The maximum atomic E-state index is 12.5. The van der Waals surface area contributed by atoms with E-state index in [1.165, 1.54) is 5.56 Å². The highest BCUT2D eigenvalue weighted by atomic mass is 16.5. The maximum Gasteiger partial charge on any atom is 0.225 e. The third-order valence-corrected chi connectivity index (χ3v) is 5.60. The molecule has 1 unspecified atom stereocenters. The Hall–Kier alpha value is -3.02. The fourth-order valence-corrected chi connectivity index (χ4v) is 3.69. The topological polar surface area (TPSA) is 67.9 Å². The summed E-state index contributed by atoms with van der Waals surface area (Å²) in [7, 11) is 3.21. The van der Waals surface area contributed by atoms with E-state index in [0.717, 1.165) is 17.5 Å². The van der Waals surface area contributed by atoms with Crippen LogP contribution in [0.15, 0.2) is 42.5 Å². The molecule has 1 atom stereocenters. The fourth-order valence-electron chi connectivity index (χ4n) is 3.69. The Morgan fingerprint density at radius 1 is 1.03 bits per heavy atom. The summed E-state index contributed by atoms with van der Waals surface area (Å²) in [4.78, 5) is 26.7. The molecule has 1 N–H and O–H groups in total. The maximum absolute atomic E-state index is 12.5. The lowest BCUT2D eigenvalue weighted by atomic mass is 10.1. The molecule has 0 aromatic heterocycles. The van der Waals surface area contributed by atoms with Crippen LogP contribution in [0.4, 0.5) is 0 Å². The molecule has 1 fully saturated rings. The molecule has 6 nitrogen and oxygen atoms in total. The van der Waals surface area contributed by atoms with E-state index >= 15 is 0 Å². The molecule has 0 saturated carbocycles. The van der Waals surface area contributed by atoms with Crippen molar-refractivity contribution in [1.29, 1.82) is 0 Å². The normalized spacial score (nSPS) is 15.9. The number of methoxy groups -OCH3 is 2. The number of hydrogen-bond acceptors (Lipinski definition) is 4. The van der Waals surface area contributed by atoms with Crippen LogP contribution in [0.1, 0.15) is 30.0 Å². The molecule has 0 spiro atoms. The van der Waals surface area contributed by atoms with Gasteiger partial charge in [0.15, 0.2) is 11.5 Å². The number of hydrogen-bond donors (Lipinski definition) is 1. The van der Waals surface area contributed by atoms with Gasteiger partial charge < -0.3 is 19.7 Å². The van der Waals surface area contributed by atoms with E-state index in [-0.39, 0.29) is 24.2 Å². The predicted molar refractivity (Wildman–Crippen MR) is 116 cm³/mol. The molecule has 2 aromatic rings. The Labute approximate surface area is 178 Å². The molecule has 1 aliphatic heterocycles. The van der Waals surface area contributed by atoms with Crippen LogP contribution >= 0.6 is 0 Å². The number of nitrogens with zero attached hydrogens (tertiary/aromatic N) is 1. The number of aryl methyl sites for hydroxylation is 1. The van der Waals surface area contributed by atoms with Gasteiger partial charge in [-0.05, 0) is 41.7 Å². The molecule has 160 valence electrons. The minimum Gasteiger partial charge on any atom is -0.493 e. The van der Waals surface area contributed by atoms with Crippen molar-refractivity contribution in [3.8, 4) is 11.5 Å². The molecule has 2 amide bonds. The van der Waals surface area contributed by atoms with Crippen LogP contribution in [0, 0.1) is 5.92 Å². The molecule has 3 rings (SSSR count). The lowest BCUT2D eigenvalue weighted by molar-refractivity contribution is -0.129. The van der Waals surface area contributed by atoms with Gasteiger partial charge >= 0.3 is 0 Å². The van der Waals surface area contributed by atoms with Crippen molar-refractivity contribution < 1.29 is 19.1 Å². The van der Waals surface area contributed by atoms with E-state index in [4.69, 9.17) is 9.47 Å². The number of amides is 2. The van der Waals surface area contributed by atoms with Gasteiger partial charge in [0.25, 0.3) is 0 Å². The van der Waals surface area contributed by atoms with Crippen molar-refractivity contribution in [2.45, 2.75) is 32.7 Å². The first-order chi connectivity index (χ1) is 14.5. The zero-order valence-electron chi connectivity index (χ0n) is 17.9. The minimum atomic E-state index is -0.294. The second-order valence-corrected chi connectivity index (χ2v) is 7.57. The summed E-state index contributed by atoms with van der Waals surface area (Å²) >= 11 is 0. The van der Waals surface area contributed by atoms with Crippen LogP contribution in [0.3, 0.4) is 0 Å². The van der Waals surface area contributed by atoms with Crippen LogP contribution in [-0.2, 0) is 29.0 Å². The molecule has 2 aromatic carbocycles. The van der Waals surface area contributed by atoms with Gasteiger partial charge in [-0.15, -0.1) is 0 Å². The van der Waals surface area contributed by atoms with Gasteiger partial charge in [0, 0.05) is 26.1 Å². The Kier molecular flexibility index (Phi) is 7.33. The third-order valence-electron chi connectivity index (χ3n) is 5.60. The molecule has 1 heterocycles. The second-order valence-electron chi connectivity index (χ2n) is 7.57. The summed E-state index contributed by atoms with van der Waals surface area (Å²) in [5.74, 6) is 1.03. The lowest BCUT2D eigenvalue weighted by Crippen LogP contribution is -2.33. The van der Waals surface area contributed by atoms with Crippen LogP contribution in [-0.4, -0.2) is 44.0 Å². The van der Waals surface area contributed by atoms with E-state index in [9.17, 15) is 9.59 Å². The number of ether oxygens (including phenoxy) is 2. The van der Waals surface area contributed by atoms with Crippen LogP contribution in [0.25, 0.3) is 0 Å². The summed E-state index contributed by atoms with van der Waals surface area (Å²) in [5, 5.41) is 2.97. The standard InChI is InChI=1S/C24H30N2O4/c1-4-17-5-7-19(8-6-17)15-25-24(28)20-14-23(27)26(16-20)12-11-18-9-10-21(29-2)22(13-18)30-3/h5-10,13,20H,4,11-12,14-16H2,1-3H3,(H,25,28). The van der Waals surface area contributed by atoms with Crippen molar-refractivity contribution >= 4 is 11.8 Å². The van der Waals surface area contributed by atoms with Gasteiger partial charge in [-0.2, -0.15) is 0 Å². The quantitative estimate of drug-likeness (QED) is 0.690. The van der Waals surface area contributed by atoms with Gasteiger partial charge in [-0.3, -0.25) is 9.59 Å². The first-order valence-electron chi connectivity index (χ1n) is 10.4. The average Bonchev–Trinajstić information content (AvgIpc) is 3.16. The Bertz CT molecular complexity index is 879. The Morgan fingerprint density at radius 3 is 2.37 bits per heavy atom. The summed E-state index contributed by atoms with van der Waals surface area (Å²) in [6.45, 7) is 3.65. The third kappa shape index (κ3) is 5.32. The molecule has 0 bridgehead atoms. The van der Waals surface area contributed by atoms with E-state index in [1.54, 1.807) is 19.1 Å². The molecular weight excluding hydrogens is 380 g/mol. The number of nitrogens with one attached hydrogen (secondary N) is 1. The van der Waals surface area contributed by atoms with Gasteiger partial charge in [-0.1, -0.05) is 37.3 Å². The van der Waals surface area contributed by atoms with Gasteiger partial charge in [-0.25, -0.2) is 0 Å². The fraction of sp³-hybridized carbons (Fsp3) is 0.417. The van der Waals surface area contributed by atoms with Gasteiger partial charge in [0.2, 0.25) is 11.8 Å². The van der Waals surface area contributed by atoms with E-state index < -0.39 is 0 Å². The van der Waals surface area contributed by atoms with E-state index in [2.05, 4.69) is 24.4 Å². The smallest absolute Gasteiger partial charge is 0.225 e. The number of carbonyl (C=O) groups is 2. The van der Waals surface area contributed by atoms with Crippen molar-refractivity contribution in [2.24, 2.45) is 5.92 Å². The number of rotatable bonds is 9. The SMILES string of the molecule is CCc1ccc(CNC(=O)C2CC(=O)N(CCc3ccc(OC)c(OC)c3)C2)cc1. The highest BCUT2D eigenvalue weighted by Crippen LogP contribution is 2.28. The molecule has 0 radical (unpaired) electrons. The first-order valence-corrected chi connectivity index (χ1v) is 10.4. The number of benzene rings is 2. The van der Waals surface area contributed by atoms with Gasteiger partial charge in [0.05, 0.1) is 20.1 Å². The average molecular weight is 411 g/mol. The largest absolute Gasteiger partial charge is 0.493 e. The molecule has 6 heteroatoms. The second kappa shape index (κ2) is 10.1. The number of carbonyl (C=O) groups excluding carboxylic acids is 2. The predicted octanol–water partition coefficient (Wildman–Crippen LogP) is 2.97. The van der Waals surface area contributed by atoms with Crippen molar-refractivity contribution in [1.82, 2.24) is 10.2 Å². The molecule has 0 aliphatic carbocycles. The van der Waals surface area contributed by atoms with E-state index in [0.29, 0.717) is 37.6 Å². The van der Waals surface area contributed by atoms with E-state index in [1.807, 2.05) is 30.3 Å². The molecule has 30 heavy (non-hydrogen) atoms. The Morgan fingerprint density at radius 2 is 1.70 bits per heavy atom. The van der Waals surface area contributed by atoms with Crippen LogP contribution < -0.4 is 14.8 Å². The molecule has 1 saturated heterocycles. The molecule has 1 aliphatic rings. The van der Waals surface area contributed by atoms with Crippen molar-refractivity contribution in [3.05, 3.63) is 59.2 Å². The van der Waals surface area contributed by atoms with Crippen molar-refractivity contribution in [3.63, 3.8) is 0 Å². The summed E-state index contributed by atoms with van der Waals surface area (Å²) in [5.41, 5.74) is 3.40. The summed E-state index contributed by atoms with van der Waals surface area (Å²) in [6, 6.07) is 14.0. The lowest BCUT2D eigenvalue weighted by Gasteiger charge is -2.17. The number of likely N-dealkylation sites (tertiary alicyclic amines) is 1. The first kappa shape index (κ1) is 21.7. The zero-order chi connectivity index (χ0) is 21.5. The monoisotopic (exact) mass is 410 g/mol.